The van der Waals surface area contributed by atoms with Gasteiger partial charge in [0.2, 0.25) is 0 Å². The molecule has 0 unspecified atom stereocenters. The van der Waals surface area contributed by atoms with Gasteiger partial charge in [-0.2, -0.15) is 5.10 Å². The van der Waals surface area contributed by atoms with E-state index in [1.165, 1.54) is 31.1 Å². The first-order chi connectivity index (χ1) is 9.42. The minimum atomic E-state index is 0.862. The minimum Gasteiger partial charge on any atom is -0.368 e. The molecule has 0 radical (unpaired) electrons. The van der Waals surface area contributed by atoms with E-state index in [1.807, 2.05) is 12.3 Å². The van der Waals surface area contributed by atoms with Crippen LogP contribution in [0.2, 0.25) is 0 Å². The highest BCUT2D eigenvalue weighted by atomic mass is 15.2. The summed E-state index contributed by atoms with van der Waals surface area (Å²) in [6.45, 7) is 1.07. The number of hydrogen-bond acceptors (Lipinski definition) is 3. The van der Waals surface area contributed by atoms with E-state index in [-0.39, 0.29) is 0 Å². The summed E-state index contributed by atoms with van der Waals surface area (Å²) in [6.07, 6.45) is 7.57. The molecular formula is C16H19N3. The van der Waals surface area contributed by atoms with Gasteiger partial charge in [0.15, 0.2) is 5.82 Å². The summed E-state index contributed by atoms with van der Waals surface area (Å²) in [5, 5.41) is 14.3. The molecule has 0 saturated heterocycles. The van der Waals surface area contributed by atoms with Gasteiger partial charge in [0.25, 0.3) is 0 Å². The van der Waals surface area contributed by atoms with Crippen LogP contribution in [-0.2, 0) is 0 Å². The average molecular weight is 253 g/mol. The predicted molar refractivity (Wildman–Crippen MR) is 77.0 cm³/mol. The second-order valence-corrected chi connectivity index (χ2v) is 6.00. The number of anilines is 1. The number of nitrogens with zero attached hydrogens (tertiary/aromatic N) is 2. The van der Waals surface area contributed by atoms with Gasteiger partial charge in [0, 0.05) is 17.3 Å². The maximum absolute atomic E-state index is 4.28. The van der Waals surface area contributed by atoms with Crippen molar-refractivity contribution in [3.63, 3.8) is 0 Å². The summed E-state index contributed by atoms with van der Waals surface area (Å²) in [7, 11) is 0. The Labute approximate surface area is 113 Å². The summed E-state index contributed by atoms with van der Waals surface area (Å²) >= 11 is 0. The fraction of sp³-hybridized carbons (Fsp3) is 0.500. The highest BCUT2D eigenvalue weighted by molar-refractivity contribution is 5.90. The Kier molecular flexibility index (Phi) is 2.64. The molecule has 19 heavy (non-hydrogen) atoms. The lowest BCUT2D eigenvalue weighted by Gasteiger charge is -2.17. The first kappa shape index (κ1) is 11.2. The number of fused-ring (bicyclic) bond motifs is 1. The van der Waals surface area contributed by atoms with E-state index in [4.69, 9.17) is 0 Å². The van der Waals surface area contributed by atoms with Gasteiger partial charge < -0.3 is 5.32 Å². The molecule has 0 aliphatic heterocycles. The van der Waals surface area contributed by atoms with Crippen molar-refractivity contribution in [2.45, 2.75) is 25.7 Å². The third-order valence-corrected chi connectivity index (χ3v) is 4.53. The number of rotatable bonds is 5. The Bertz CT molecular complexity index is 570. The quantitative estimate of drug-likeness (QED) is 0.886. The van der Waals surface area contributed by atoms with E-state index in [2.05, 4.69) is 33.7 Å². The zero-order valence-corrected chi connectivity index (χ0v) is 11.0. The molecule has 2 aliphatic rings. The van der Waals surface area contributed by atoms with Crippen LogP contribution in [0.15, 0.2) is 30.5 Å². The smallest absolute Gasteiger partial charge is 0.156 e. The van der Waals surface area contributed by atoms with Gasteiger partial charge in [0.05, 0.1) is 6.20 Å². The van der Waals surface area contributed by atoms with Gasteiger partial charge in [-0.1, -0.05) is 24.3 Å². The Morgan fingerprint density at radius 3 is 2.58 bits per heavy atom. The molecule has 3 heteroatoms. The van der Waals surface area contributed by atoms with Crippen LogP contribution in [0.5, 0.6) is 0 Å². The normalized spacial score (nSPS) is 19.0. The van der Waals surface area contributed by atoms with Crippen LogP contribution in [0, 0.1) is 17.8 Å². The van der Waals surface area contributed by atoms with Gasteiger partial charge >= 0.3 is 0 Å². The molecule has 0 atom stereocenters. The summed E-state index contributed by atoms with van der Waals surface area (Å²) in [6, 6.07) is 8.32. The topological polar surface area (TPSA) is 37.8 Å². The molecule has 2 fully saturated rings. The minimum absolute atomic E-state index is 0.862. The third-order valence-electron chi connectivity index (χ3n) is 4.53. The van der Waals surface area contributed by atoms with Crippen molar-refractivity contribution in [2.24, 2.45) is 17.8 Å². The average Bonchev–Trinajstić information content (AvgIpc) is 3.33. The van der Waals surface area contributed by atoms with Crippen LogP contribution in [0.1, 0.15) is 25.7 Å². The molecule has 2 aliphatic carbocycles. The Morgan fingerprint density at radius 2 is 1.84 bits per heavy atom. The van der Waals surface area contributed by atoms with E-state index in [9.17, 15) is 0 Å². The van der Waals surface area contributed by atoms with Gasteiger partial charge in [-0.3, -0.25) is 0 Å². The Balaban J connectivity index is 1.54. The molecule has 1 aromatic heterocycles. The van der Waals surface area contributed by atoms with Gasteiger partial charge in [-0.25, -0.2) is 0 Å². The van der Waals surface area contributed by atoms with Gasteiger partial charge in [-0.05, 0) is 43.4 Å². The lowest BCUT2D eigenvalue weighted by Crippen LogP contribution is -2.19. The van der Waals surface area contributed by atoms with Crippen LogP contribution >= 0.6 is 0 Å². The molecule has 1 heterocycles. The lowest BCUT2D eigenvalue weighted by molar-refractivity contribution is 0.427. The summed E-state index contributed by atoms with van der Waals surface area (Å²) < 4.78 is 0. The number of hydrogen-bond donors (Lipinski definition) is 1. The lowest BCUT2D eigenvalue weighted by atomic mass is 9.98. The van der Waals surface area contributed by atoms with Gasteiger partial charge in [0.1, 0.15) is 0 Å². The highest BCUT2D eigenvalue weighted by Crippen LogP contribution is 2.49. The van der Waals surface area contributed by atoms with Crippen molar-refractivity contribution in [2.75, 3.05) is 11.9 Å². The molecule has 0 amide bonds. The highest BCUT2D eigenvalue weighted by Gasteiger charge is 2.41. The van der Waals surface area contributed by atoms with Crippen LogP contribution < -0.4 is 5.32 Å². The number of benzene rings is 1. The fourth-order valence-corrected chi connectivity index (χ4v) is 3.14. The van der Waals surface area contributed by atoms with Crippen molar-refractivity contribution in [3.05, 3.63) is 30.5 Å². The van der Waals surface area contributed by atoms with Crippen LogP contribution in [-0.4, -0.2) is 16.7 Å². The molecule has 2 saturated carbocycles. The second kappa shape index (κ2) is 4.48. The molecule has 3 nitrogen and oxygen atoms in total. The van der Waals surface area contributed by atoms with Crippen LogP contribution in [0.4, 0.5) is 5.82 Å². The zero-order chi connectivity index (χ0) is 12.7. The van der Waals surface area contributed by atoms with Crippen LogP contribution in [0.25, 0.3) is 10.8 Å². The molecule has 1 aromatic carbocycles. The first-order valence-corrected chi connectivity index (χ1v) is 7.36. The summed E-state index contributed by atoms with van der Waals surface area (Å²) in [5.74, 6) is 3.76. The van der Waals surface area contributed by atoms with Crippen molar-refractivity contribution in [1.29, 1.82) is 0 Å². The molecule has 0 spiro atoms. The van der Waals surface area contributed by atoms with Gasteiger partial charge in [-0.15, -0.1) is 5.10 Å². The maximum atomic E-state index is 4.28. The van der Waals surface area contributed by atoms with Crippen molar-refractivity contribution in [3.8, 4) is 0 Å². The van der Waals surface area contributed by atoms with Crippen molar-refractivity contribution >= 4 is 16.6 Å². The fourth-order valence-electron chi connectivity index (χ4n) is 3.14. The van der Waals surface area contributed by atoms with E-state index < -0.39 is 0 Å². The summed E-state index contributed by atoms with van der Waals surface area (Å²) in [5.41, 5.74) is 0. The monoisotopic (exact) mass is 253 g/mol. The molecule has 98 valence electrons. The molecular weight excluding hydrogens is 234 g/mol. The standard InChI is InChI=1S/C16H19N3/c1-2-4-14-13(3-1)9-18-19-16(14)17-10-15(11-5-6-11)12-7-8-12/h1-4,9,11-12,15H,5-8,10H2,(H,17,19). The largest absolute Gasteiger partial charge is 0.368 e. The van der Waals surface area contributed by atoms with E-state index >= 15 is 0 Å². The maximum Gasteiger partial charge on any atom is 0.156 e. The van der Waals surface area contributed by atoms with Crippen LogP contribution in [0.3, 0.4) is 0 Å². The third kappa shape index (κ3) is 2.29. The number of aromatic nitrogens is 2. The Morgan fingerprint density at radius 1 is 1.11 bits per heavy atom. The van der Waals surface area contributed by atoms with Crippen molar-refractivity contribution < 1.29 is 0 Å². The molecule has 2 aromatic rings. The first-order valence-electron chi connectivity index (χ1n) is 7.36. The predicted octanol–water partition coefficient (Wildman–Crippen LogP) is 3.48. The number of nitrogens with one attached hydrogen (secondary N) is 1. The molecule has 4 rings (SSSR count). The van der Waals surface area contributed by atoms with E-state index in [0.717, 1.165) is 35.5 Å². The van der Waals surface area contributed by atoms with Crippen molar-refractivity contribution in [1.82, 2.24) is 10.2 Å². The molecule has 0 bridgehead atoms. The molecule has 1 N–H and O–H groups in total. The second-order valence-electron chi connectivity index (χ2n) is 6.00. The SMILES string of the molecule is c1ccc2c(NCC(C3CC3)C3CC3)nncc2c1. The zero-order valence-electron chi connectivity index (χ0n) is 11.0. The summed E-state index contributed by atoms with van der Waals surface area (Å²) in [4.78, 5) is 0. The van der Waals surface area contributed by atoms with E-state index in [1.54, 1.807) is 0 Å². The Hall–Kier alpha value is -1.64. The van der Waals surface area contributed by atoms with E-state index in [0.29, 0.717) is 0 Å².